The molecule has 0 aliphatic rings. The Labute approximate surface area is 104 Å². The summed E-state index contributed by atoms with van der Waals surface area (Å²) < 4.78 is 0.934. The molecule has 0 saturated carbocycles. The van der Waals surface area contributed by atoms with Crippen molar-refractivity contribution < 1.29 is 9.90 Å². The average molecular weight is 286 g/mol. The van der Waals surface area contributed by atoms with E-state index in [0.717, 1.165) is 10.2 Å². The first-order valence-electron chi connectivity index (χ1n) is 5.31. The zero-order valence-electron chi connectivity index (χ0n) is 9.46. The van der Waals surface area contributed by atoms with E-state index in [0.29, 0.717) is 12.8 Å². The predicted molar refractivity (Wildman–Crippen MR) is 68.7 cm³/mol. The molecule has 4 heteroatoms. The highest BCUT2D eigenvalue weighted by molar-refractivity contribution is 9.10. The van der Waals surface area contributed by atoms with Gasteiger partial charge in [0.1, 0.15) is 5.54 Å². The highest BCUT2D eigenvalue weighted by atomic mass is 79.9. The average Bonchev–Trinajstić information content (AvgIpc) is 2.25. The van der Waals surface area contributed by atoms with E-state index in [2.05, 4.69) is 21.2 Å². The molecule has 1 aromatic rings. The van der Waals surface area contributed by atoms with Crippen molar-refractivity contribution in [1.82, 2.24) is 0 Å². The lowest BCUT2D eigenvalue weighted by atomic mass is 9.92. The molecule has 0 fully saturated rings. The third-order valence-corrected chi connectivity index (χ3v) is 3.32. The Morgan fingerprint density at radius 1 is 1.44 bits per heavy atom. The Balaban J connectivity index is 2.96. The van der Waals surface area contributed by atoms with E-state index in [-0.39, 0.29) is 0 Å². The van der Waals surface area contributed by atoms with Gasteiger partial charge in [0.2, 0.25) is 0 Å². The minimum atomic E-state index is -0.874. The molecule has 1 aromatic carbocycles. The van der Waals surface area contributed by atoms with Crippen LogP contribution in [0.3, 0.4) is 0 Å². The number of hydrogen-bond donors (Lipinski definition) is 2. The highest BCUT2D eigenvalue weighted by Crippen LogP contribution is 2.24. The molecule has 88 valence electrons. The first kappa shape index (κ1) is 13.0. The molecule has 0 spiro atoms. The Morgan fingerprint density at radius 3 is 2.50 bits per heavy atom. The molecule has 0 aliphatic carbocycles. The lowest BCUT2D eigenvalue weighted by molar-refractivity contribution is -0.142. The van der Waals surface area contributed by atoms with E-state index >= 15 is 0 Å². The zero-order chi connectivity index (χ0) is 12.2. The summed E-state index contributed by atoms with van der Waals surface area (Å²) >= 11 is 3.36. The second kappa shape index (κ2) is 5.34. The van der Waals surface area contributed by atoms with E-state index in [1.54, 1.807) is 0 Å². The molecule has 0 radical (unpaired) electrons. The van der Waals surface area contributed by atoms with Gasteiger partial charge in [-0.15, -0.1) is 0 Å². The Kier molecular flexibility index (Phi) is 4.35. The van der Waals surface area contributed by atoms with Gasteiger partial charge in [-0.2, -0.15) is 0 Å². The molecule has 3 nitrogen and oxygen atoms in total. The number of rotatable bonds is 5. The molecule has 0 bridgehead atoms. The van der Waals surface area contributed by atoms with Gasteiger partial charge >= 0.3 is 5.97 Å². The van der Waals surface area contributed by atoms with Crippen LogP contribution in [-0.2, 0) is 4.79 Å². The van der Waals surface area contributed by atoms with Crippen LogP contribution in [0.15, 0.2) is 28.7 Å². The summed E-state index contributed by atoms with van der Waals surface area (Å²) in [6.07, 6.45) is 1.09. The van der Waals surface area contributed by atoms with Crippen molar-refractivity contribution in [3.8, 4) is 0 Å². The van der Waals surface area contributed by atoms with E-state index in [4.69, 9.17) is 0 Å². The highest BCUT2D eigenvalue weighted by Gasteiger charge is 2.34. The van der Waals surface area contributed by atoms with Gasteiger partial charge < -0.3 is 10.4 Å². The number of aliphatic carboxylic acids is 1. The molecular weight excluding hydrogens is 270 g/mol. The van der Waals surface area contributed by atoms with Crippen molar-refractivity contribution in [1.29, 1.82) is 0 Å². The van der Waals surface area contributed by atoms with E-state index in [9.17, 15) is 9.90 Å². The number of carbonyl (C=O) groups is 1. The smallest absolute Gasteiger partial charge is 0.329 e. The molecule has 0 aliphatic heterocycles. The topological polar surface area (TPSA) is 49.3 Å². The number of carboxylic acids is 1. The van der Waals surface area contributed by atoms with Crippen LogP contribution in [0.1, 0.15) is 26.7 Å². The fraction of sp³-hybridized carbons (Fsp3) is 0.417. The van der Waals surface area contributed by atoms with E-state index in [1.807, 2.05) is 38.1 Å². The van der Waals surface area contributed by atoms with Crippen LogP contribution < -0.4 is 5.32 Å². The molecule has 0 amide bonds. The van der Waals surface area contributed by atoms with E-state index < -0.39 is 11.5 Å². The molecule has 2 N–H and O–H groups in total. The van der Waals surface area contributed by atoms with Crippen molar-refractivity contribution in [3.05, 3.63) is 28.7 Å². The van der Waals surface area contributed by atoms with Gasteiger partial charge in [-0.25, -0.2) is 4.79 Å². The second-order valence-corrected chi connectivity index (χ2v) is 4.65. The molecule has 0 saturated heterocycles. The molecule has 0 aromatic heterocycles. The van der Waals surface area contributed by atoms with Crippen LogP contribution in [0.2, 0.25) is 0 Å². The Hall–Kier alpha value is -1.03. The lowest BCUT2D eigenvalue weighted by Crippen LogP contribution is -2.45. The van der Waals surface area contributed by atoms with Crippen molar-refractivity contribution >= 4 is 27.6 Å². The maximum Gasteiger partial charge on any atom is 0.329 e. The number of carboxylic acid groups (broad SMARTS) is 1. The summed E-state index contributed by atoms with van der Waals surface area (Å²) in [5, 5.41) is 12.4. The monoisotopic (exact) mass is 285 g/mol. The molecular formula is C12H16BrNO2. The number of benzene rings is 1. The normalized spacial score (nSPS) is 11.2. The van der Waals surface area contributed by atoms with Gasteiger partial charge in [-0.05, 0) is 31.0 Å². The second-order valence-electron chi connectivity index (χ2n) is 3.73. The van der Waals surface area contributed by atoms with Crippen LogP contribution in [0.25, 0.3) is 0 Å². The number of hydrogen-bond acceptors (Lipinski definition) is 2. The van der Waals surface area contributed by atoms with Gasteiger partial charge in [-0.3, -0.25) is 0 Å². The van der Waals surface area contributed by atoms with Crippen LogP contribution in [-0.4, -0.2) is 16.6 Å². The van der Waals surface area contributed by atoms with Crippen molar-refractivity contribution in [3.63, 3.8) is 0 Å². The summed E-state index contributed by atoms with van der Waals surface area (Å²) in [6, 6.07) is 7.53. The molecule has 1 rings (SSSR count). The van der Waals surface area contributed by atoms with Crippen LogP contribution >= 0.6 is 15.9 Å². The molecule has 0 heterocycles. The van der Waals surface area contributed by atoms with Crippen LogP contribution in [0.5, 0.6) is 0 Å². The summed E-state index contributed by atoms with van der Waals surface area (Å²) in [5.41, 5.74) is -0.0543. The summed E-state index contributed by atoms with van der Waals surface area (Å²) in [6.45, 7) is 3.76. The Bertz CT molecular complexity index is 375. The first-order valence-corrected chi connectivity index (χ1v) is 6.10. The maximum atomic E-state index is 11.3. The third kappa shape index (κ3) is 2.76. The standard InChI is InChI=1S/C12H16BrNO2/c1-3-12(4-2,11(15)16)14-10-7-5-6-9(13)8-10/h5-8,14H,3-4H2,1-2H3,(H,15,16). The van der Waals surface area contributed by atoms with E-state index in [1.165, 1.54) is 0 Å². The predicted octanol–water partition coefficient (Wildman–Crippen LogP) is 3.50. The van der Waals surface area contributed by atoms with Crippen molar-refractivity contribution in [2.45, 2.75) is 32.2 Å². The summed E-state index contributed by atoms with van der Waals surface area (Å²) in [5.74, 6) is -0.808. The SMILES string of the molecule is CCC(CC)(Nc1cccc(Br)c1)C(=O)O. The summed E-state index contributed by atoms with van der Waals surface area (Å²) in [7, 11) is 0. The van der Waals surface area contributed by atoms with Gasteiger partial charge in [0.25, 0.3) is 0 Å². The van der Waals surface area contributed by atoms with Gasteiger partial charge in [-0.1, -0.05) is 35.8 Å². The minimum absolute atomic E-state index is 0.547. The molecule has 0 unspecified atom stereocenters. The van der Waals surface area contributed by atoms with Crippen LogP contribution in [0.4, 0.5) is 5.69 Å². The van der Waals surface area contributed by atoms with Crippen molar-refractivity contribution in [2.75, 3.05) is 5.32 Å². The maximum absolute atomic E-state index is 11.3. The van der Waals surface area contributed by atoms with Gasteiger partial charge in [0.05, 0.1) is 0 Å². The quantitative estimate of drug-likeness (QED) is 0.871. The van der Waals surface area contributed by atoms with Crippen molar-refractivity contribution in [2.24, 2.45) is 0 Å². The van der Waals surface area contributed by atoms with Gasteiger partial charge in [0.15, 0.2) is 0 Å². The number of nitrogens with one attached hydrogen (secondary N) is 1. The minimum Gasteiger partial charge on any atom is -0.480 e. The zero-order valence-corrected chi connectivity index (χ0v) is 11.0. The fourth-order valence-corrected chi connectivity index (χ4v) is 2.02. The number of halogens is 1. The fourth-order valence-electron chi connectivity index (χ4n) is 1.63. The third-order valence-electron chi connectivity index (χ3n) is 2.82. The van der Waals surface area contributed by atoms with Crippen LogP contribution in [0, 0.1) is 0 Å². The molecule has 0 atom stereocenters. The Morgan fingerprint density at radius 2 is 2.06 bits per heavy atom. The number of anilines is 1. The largest absolute Gasteiger partial charge is 0.480 e. The first-order chi connectivity index (χ1) is 7.54. The lowest BCUT2D eigenvalue weighted by Gasteiger charge is -2.29. The van der Waals surface area contributed by atoms with Gasteiger partial charge in [0, 0.05) is 10.2 Å². The summed E-state index contributed by atoms with van der Waals surface area (Å²) in [4.78, 5) is 11.3. The molecule has 16 heavy (non-hydrogen) atoms.